The van der Waals surface area contributed by atoms with Crippen molar-refractivity contribution < 1.29 is 18.9 Å². The van der Waals surface area contributed by atoms with Crippen LogP contribution in [0.4, 0.5) is 11.4 Å². The van der Waals surface area contributed by atoms with Crippen LogP contribution in [-0.4, -0.2) is 59.3 Å². The summed E-state index contributed by atoms with van der Waals surface area (Å²) in [6.45, 7) is 7.91. The van der Waals surface area contributed by atoms with Gasteiger partial charge in [-0.2, -0.15) is 0 Å². The first-order valence-electron chi connectivity index (χ1n) is 9.96. The SMILES string of the molecule is CCOCCN1CCOCCNc2ccccc2OCCOc2ccccc21. The van der Waals surface area contributed by atoms with Gasteiger partial charge in [0.15, 0.2) is 0 Å². The maximum absolute atomic E-state index is 6.05. The first kappa shape index (κ1) is 20.3. The minimum Gasteiger partial charge on any atom is -0.488 e. The Bertz CT molecular complexity index is 710. The van der Waals surface area contributed by atoms with Crippen LogP contribution in [0.1, 0.15) is 6.92 Å². The van der Waals surface area contributed by atoms with Crippen LogP contribution in [0, 0.1) is 0 Å². The third-order valence-electron chi connectivity index (χ3n) is 4.47. The van der Waals surface area contributed by atoms with Crippen molar-refractivity contribution in [2.45, 2.75) is 6.92 Å². The quantitative estimate of drug-likeness (QED) is 0.813. The van der Waals surface area contributed by atoms with Crippen LogP contribution >= 0.6 is 0 Å². The molecule has 2 aromatic rings. The van der Waals surface area contributed by atoms with Gasteiger partial charge in [-0.1, -0.05) is 24.3 Å². The van der Waals surface area contributed by atoms with E-state index in [0.717, 1.165) is 42.5 Å². The fraction of sp³-hybridized carbons (Fsp3) is 0.455. The number of para-hydroxylation sites is 4. The molecule has 152 valence electrons. The average molecular weight is 386 g/mol. The van der Waals surface area contributed by atoms with Gasteiger partial charge in [-0.25, -0.2) is 0 Å². The highest BCUT2D eigenvalue weighted by Gasteiger charge is 2.13. The zero-order chi connectivity index (χ0) is 19.4. The molecule has 3 rings (SSSR count). The molecule has 0 bridgehead atoms. The number of hydrogen-bond acceptors (Lipinski definition) is 6. The van der Waals surface area contributed by atoms with Gasteiger partial charge in [0.25, 0.3) is 0 Å². The summed E-state index contributed by atoms with van der Waals surface area (Å²) >= 11 is 0. The van der Waals surface area contributed by atoms with Gasteiger partial charge in [0.05, 0.1) is 31.2 Å². The number of fused-ring (bicyclic) bond motifs is 2. The molecule has 1 aliphatic heterocycles. The number of rotatable bonds is 4. The van der Waals surface area contributed by atoms with Crippen LogP contribution in [0.25, 0.3) is 0 Å². The Morgan fingerprint density at radius 3 is 2.54 bits per heavy atom. The molecule has 1 aliphatic rings. The van der Waals surface area contributed by atoms with Crippen molar-refractivity contribution in [3.05, 3.63) is 48.5 Å². The van der Waals surface area contributed by atoms with Crippen LogP contribution < -0.4 is 19.7 Å². The van der Waals surface area contributed by atoms with Crippen LogP contribution in [0.15, 0.2) is 48.5 Å². The minimum atomic E-state index is 0.473. The standard InChI is InChI=1S/C22H30N2O4/c1-2-25-15-12-24-13-16-26-14-11-23-19-7-3-5-9-21(19)27-17-18-28-22-10-6-4-8-20(22)24/h3-10,23H,2,11-18H2,1H3. The summed E-state index contributed by atoms with van der Waals surface area (Å²) in [6.07, 6.45) is 0. The van der Waals surface area contributed by atoms with Crippen molar-refractivity contribution in [1.29, 1.82) is 0 Å². The lowest BCUT2D eigenvalue weighted by molar-refractivity contribution is 0.139. The van der Waals surface area contributed by atoms with Crippen LogP contribution in [0.2, 0.25) is 0 Å². The van der Waals surface area contributed by atoms with Crippen LogP contribution in [-0.2, 0) is 9.47 Å². The number of nitrogens with one attached hydrogen (secondary N) is 1. The Kier molecular flexibility index (Phi) is 8.27. The predicted molar refractivity (Wildman–Crippen MR) is 112 cm³/mol. The first-order chi connectivity index (χ1) is 13.9. The van der Waals surface area contributed by atoms with Crippen molar-refractivity contribution in [2.24, 2.45) is 0 Å². The fourth-order valence-corrected chi connectivity index (χ4v) is 3.09. The third-order valence-corrected chi connectivity index (χ3v) is 4.47. The summed E-state index contributed by atoms with van der Waals surface area (Å²) in [7, 11) is 0. The molecule has 0 amide bonds. The Hall–Kier alpha value is -2.44. The fourth-order valence-electron chi connectivity index (χ4n) is 3.09. The Labute approximate surface area is 167 Å². The molecule has 0 saturated heterocycles. The summed E-state index contributed by atoms with van der Waals surface area (Å²) < 4.78 is 23.4. The van der Waals surface area contributed by atoms with E-state index in [1.165, 1.54) is 0 Å². The molecule has 6 heteroatoms. The van der Waals surface area contributed by atoms with Crippen LogP contribution in [0.5, 0.6) is 11.5 Å². The van der Waals surface area contributed by atoms with E-state index >= 15 is 0 Å². The van der Waals surface area contributed by atoms with Gasteiger partial charge < -0.3 is 29.2 Å². The molecule has 1 N–H and O–H groups in total. The molecule has 2 aromatic carbocycles. The van der Waals surface area contributed by atoms with E-state index < -0.39 is 0 Å². The highest BCUT2D eigenvalue weighted by molar-refractivity contribution is 5.58. The molecule has 0 saturated carbocycles. The Morgan fingerprint density at radius 1 is 0.929 bits per heavy atom. The van der Waals surface area contributed by atoms with E-state index in [1.807, 2.05) is 49.4 Å². The molecule has 28 heavy (non-hydrogen) atoms. The molecular formula is C22H30N2O4. The summed E-state index contributed by atoms with van der Waals surface area (Å²) in [5, 5.41) is 3.38. The second-order valence-corrected chi connectivity index (χ2v) is 6.38. The monoisotopic (exact) mass is 386 g/mol. The smallest absolute Gasteiger partial charge is 0.142 e. The number of nitrogens with zero attached hydrogens (tertiary/aromatic N) is 1. The molecule has 0 unspecified atom stereocenters. The van der Waals surface area contributed by atoms with Crippen molar-refractivity contribution in [2.75, 3.05) is 69.5 Å². The van der Waals surface area contributed by atoms with E-state index in [-0.39, 0.29) is 0 Å². The molecule has 0 aliphatic carbocycles. The topological polar surface area (TPSA) is 52.2 Å². The Morgan fingerprint density at radius 2 is 1.68 bits per heavy atom. The Balaban J connectivity index is 1.72. The number of anilines is 2. The lowest BCUT2D eigenvalue weighted by Crippen LogP contribution is -2.32. The lowest BCUT2D eigenvalue weighted by Gasteiger charge is -2.26. The molecule has 0 fully saturated rings. The maximum atomic E-state index is 6.05. The predicted octanol–water partition coefficient (Wildman–Crippen LogP) is 3.43. The molecular weight excluding hydrogens is 356 g/mol. The average Bonchev–Trinajstić information content (AvgIpc) is 2.73. The lowest BCUT2D eigenvalue weighted by atomic mass is 10.2. The summed E-state index contributed by atoms with van der Waals surface area (Å²) in [4.78, 5) is 2.26. The van der Waals surface area contributed by atoms with Gasteiger partial charge in [0.1, 0.15) is 24.7 Å². The summed E-state index contributed by atoms with van der Waals surface area (Å²) in [6, 6.07) is 16.0. The minimum absolute atomic E-state index is 0.473. The van der Waals surface area contributed by atoms with Crippen molar-refractivity contribution >= 4 is 11.4 Å². The molecule has 0 aromatic heterocycles. The van der Waals surface area contributed by atoms with E-state index in [1.54, 1.807) is 0 Å². The zero-order valence-electron chi connectivity index (χ0n) is 16.6. The van der Waals surface area contributed by atoms with Gasteiger partial charge in [-0.3, -0.25) is 0 Å². The normalized spacial score (nSPS) is 15.7. The van der Waals surface area contributed by atoms with Crippen LogP contribution in [0.3, 0.4) is 0 Å². The van der Waals surface area contributed by atoms with Gasteiger partial charge in [0, 0.05) is 26.2 Å². The molecule has 1 heterocycles. The zero-order valence-corrected chi connectivity index (χ0v) is 16.6. The molecule has 0 radical (unpaired) electrons. The van der Waals surface area contributed by atoms with Crippen molar-refractivity contribution in [3.8, 4) is 11.5 Å². The first-order valence-corrected chi connectivity index (χ1v) is 9.96. The molecule has 0 spiro atoms. The van der Waals surface area contributed by atoms with Crippen molar-refractivity contribution in [1.82, 2.24) is 0 Å². The maximum Gasteiger partial charge on any atom is 0.142 e. The van der Waals surface area contributed by atoms with Gasteiger partial charge in [0.2, 0.25) is 0 Å². The van der Waals surface area contributed by atoms with E-state index in [0.29, 0.717) is 39.6 Å². The second kappa shape index (κ2) is 11.4. The van der Waals surface area contributed by atoms with Crippen molar-refractivity contribution in [3.63, 3.8) is 0 Å². The van der Waals surface area contributed by atoms with E-state index in [9.17, 15) is 0 Å². The third kappa shape index (κ3) is 6.04. The molecule has 6 nitrogen and oxygen atoms in total. The number of ether oxygens (including phenoxy) is 4. The highest BCUT2D eigenvalue weighted by Crippen LogP contribution is 2.28. The van der Waals surface area contributed by atoms with Gasteiger partial charge >= 0.3 is 0 Å². The largest absolute Gasteiger partial charge is 0.488 e. The second-order valence-electron chi connectivity index (χ2n) is 6.38. The van der Waals surface area contributed by atoms with Gasteiger partial charge in [-0.15, -0.1) is 0 Å². The molecule has 0 atom stereocenters. The highest BCUT2D eigenvalue weighted by atomic mass is 16.5. The summed E-state index contributed by atoms with van der Waals surface area (Å²) in [5.74, 6) is 1.68. The van der Waals surface area contributed by atoms with E-state index in [4.69, 9.17) is 18.9 Å². The summed E-state index contributed by atoms with van der Waals surface area (Å²) in [5.41, 5.74) is 2.03. The van der Waals surface area contributed by atoms with Gasteiger partial charge in [-0.05, 0) is 31.2 Å². The van der Waals surface area contributed by atoms with E-state index in [2.05, 4.69) is 16.3 Å². The number of hydrogen-bond donors (Lipinski definition) is 1. The number of benzene rings is 2.